The highest BCUT2D eigenvalue weighted by Crippen LogP contribution is 2.28. The largest absolute Gasteiger partial charge is 0.376 e. The molecule has 1 fully saturated rings. The first-order chi connectivity index (χ1) is 12.2. The standard InChI is InChI=1S/C22H28N2O/c1-17-6-5-9-22(18(17)2)24-12-10-23(11-13-24)14-20-16-25-15-19-7-3-4-8-21(19)20/h3-9,20H,10-16H2,1-2H3. The van der Waals surface area contributed by atoms with E-state index < -0.39 is 0 Å². The maximum Gasteiger partial charge on any atom is 0.0719 e. The first-order valence-electron chi connectivity index (χ1n) is 9.41. The molecule has 0 bridgehead atoms. The number of anilines is 1. The minimum atomic E-state index is 0.511. The second kappa shape index (κ2) is 7.19. The van der Waals surface area contributed by atoms with Crippen molar-refractivity contribution in [1.29, 1.82) is 0 Å². The van der Waals surface area contributed by atoms with E-state index in [9.17, 15) is 0 Å². The number of hydrogen-bond donors (Lipinski definition) is 0. The molecule has 1 atom stereocenters. The third-order valence-corrected chi connectivity index (χ3v) is 5.84. The van der Waals surface area contributed by atoms with E-state index in [2.05, 4.69) is 66.1 Å². The van der Waals surface area contributed by atoms with Crippen LogP contribution in [-0.4, -0.2) is 44.2 Å². The highest BCUT2D eigenvalue weighted by molar-refractivity contribution is 5.56. The Kier molecular flexibility index (Phi) is 4.78. The second-order valence-electron chi connectivity index (χ2n) is 7.42. The SMILES string of the molecule is Cc1cccc(N2CCN(CC3COCc4ccccc43)CC2)c1C. The Bertz CT molecular complexity index is 735. The van der Waals surface area contributed by atoms with Crippen LogP contribution in [0.2, 0.25) is 0 Å². The molecule has 25 heavy (non-hydrogen) atoms. The topological polar surface area (TPSA) is 15.7 Å². The summed E-state index contributed by atoms with van der Waals surface area (Å²) < 4.78 is 5.83. The molecule has 0 spiro atoms. The van der Waals surface area contributed by atoms with E-state index in [1.165, 1.54) is 27.9 Å². The van der Waals surface area contributed by atoms with Crippen LogP contribution >= 0.6 is 0 Å². The van der Waals surface area contributed by atoms with Gasteiger partial charge >= 0.3 is 0 Å². The molecular weight excluding hydrogens is 308 g/mol. The van der Waals surface area contributed by atoms with Crippen molar-refractivity contribution in [2.75, 3.05) is 44.2 Å². The minimum Gasteiger partial charge on any atom is -0.376 e. The zero-order valence-electron chi connectivity index (χ0n) is 15.4. The quantitative estimate of drug-likeness (QED) is 0.849. The molecule has 4 rings (SSSR count). The molecule has 2 aromatic carbocycles. The van der Waals surface area contributed by atoms with E-state index in [0.717, 1.165) is 45.9 Å². The Morgan fingerprint density at radius 1 is 0.960 bits per heavy atom. The van der Waals surface area contributed by atoms with E-state index in [1.54, 1.807) is 0 Å². The number of benzene rings is 2. The molecule has 2 aliphatic heterocycles. The van der Waals surface area contributed by atoms with Gasteiger partial charge in [-0.15, -0.1) is 0 Å². The monoisotopic (exact) mass is 336 g/mol. The Morgan fingerprint density at radius 2 is 1.76 bits per heavy atom. The molecule has 0 radical (unpaired) electrons. The van der Waals surface area contributed by atoms with Crippen molar-refractivity contribution in [3.8, 4) is 0 Å². The van der Waals surface area contributed by atoms with Gasteiger partial charge in [-0.05, 0) is 42.2 Å². The van der Waals surface area contributed by atoms with Crippen LogP contribution in [0.4, 0.5) is 5.69 Å². The lowest BCUT2D eigenvalue weighted by molar-refractivity contribution is 0.0771. The fourth-order valence-corrected chi connectivity index (χ4v) is 4.18. The van der Waals surface area contributed by atoms with Crippen molar-refractivity contribution in [2.45, 2.75) is 26.4 Å². The molecule has 0 aliphatic carbocycles. The summed E-state index contributed by atoms with van der Waals surface area (Å²) in [5.41, 5.74) is 7.07. The van der Waals surface area contributed by atoms with Crippen LogP contribution in [0, 0.1) is 13.8 Å². The summed E-state index contributed by atoms with van der Waals surface area (Å²) in [6.07, 6.45) is 0. The minimum absolute atomic E-state index is 0.511. The molecule has 3 heteroatoms. The van der Waals surface area contributed by atoms with E-state index in [-0.39, 0.29) is 0 Å². The molecule has 0 saturated carbocycles. The number of piperazine rings is 1. The Hall–Kier alpha value is -1.84. The van der Waals surface area contributed by atoms with Crippen LogP contribution < -0.4 is 4.90 Å². The van der Waals surface area contributed by atoms with Crippen LogP contribution in [0.5, 0.6) is 0 Å². The van der Waals surface area contributed by atoms with Gasteiger partial charge in [0.15, 0.2) is 0 Å². The lowest BCUT2D eigenvalue weighted by Gasteiger charge is -2.39. The van der Waals surface area contributed by atoms with Crippen LogP contribution in [0.25, 0.3) is 0 Å². The zero-order valence-corrected chi connectivity index (χ0v) is 15.4. The molecule has 0 N–H and O–H groups in total. The van der Waals surface area contributed by atoms with Crippen LogP contribution in [0.3, 0.4) is 0 Å². The number of fused-ring (bicyclic) bond motifs is 1. The number of rotatable bonds is 3. The zero-order chi connectivity index (χ0) is 17.2. The molecule has 1 unspecified atom stereocenters. The van der Waals surface area contributed by atoms with E-state index in [1.807, 2.05) is 0 Å². The second-order valence-corrected chi connectivity index (χ2v) is 7.42. The third-order valence-electron chi connectivity index (χ3n) is 5.84. The molecule has 132 valence electrons. The Morgan fingerprint density at radius 3 is 2.60 bits per heavy atom. The van der Waals surface area contributed by atoms with Crippen molar-refractivity contribution < 1.29 is 4.74 Å². The van der Waals surface area contributed by atoms with Gasteiger partial charge < -0.3 is 9.64 Å². The lowest BCUT2D eigenvalue weighted by Crippen LogP contribution is -2.48. The van der Waals surface area contributed by atoms with Gasteiger partial charge in [-0.25, -0.2) is 0 Å². The maximum atomic E-state index is 5.83. The van der Waals surface area contributed by atoms with Crippen LogP contribution in [0.15, 0.2) is 42.5 Å². The summed E-state index contributed by atoms with van der Waals surface area (Å²) in [6.45, 7) is 11.7. The van der Waals surface area contributed by atoms with Gasteiger partial charge in [0.2, 0.25) is 0 Å². The summed E-state index contributed by atoms with van der Waals surface area (Å²) in [6, 6.07) is 15.4. The molecule has 0 amide bonds. The van der Waals surface area contributed by atoms with E-state index in [0.29, 0.717) is 5.92 Å². The molecular formula is C22H28N2O. The maximum absolute atomic E-state index is 5.83. The number of ether oxygens (including phenoxy) is 1. The van der Waals surface area contributed by atoms with Gasteiger partial charge in [-0.3, -0.25) is 4.90 Å². The predicted octanol–water partition coefficient (Wildman–Crippen LogP) is 3.74. The van der Waals surface area contributed by atoms with Crippen molar-refractivity contribution in [3.63, 3.8) is 0 Å². The van der Waals surface area contributed by atoms with Gasteiger partial charge in [-0.1, -0.05) is 36.4 Å². The number of nitrogens with zero attached hydrogens (tertiary/aromatic N) is 2. The average Bonchev–Trinajstić information content (AvgIpc) is 2.65. The fourth-order valence-electron chi connectivity index (χ4n) is 4.18. The van der Waals surface area contributed by atoms with E-state index >= 15 is 0 Å². The highest BCUT2D eigenvalue weighted by Gasteiger charge is 2.25. The van der Waals surface area contributed by atoms with E-state index in [4.69, 9.17) is 4.74 Å². The van der Waals surface area contributed by atoms with Crippen molar-refractivity contribution in [2.24, 2.45) is 0 Å². The van der Waals surface area contributed by atoms with Crippen LogP contribution in [-0.2, 0) is 11.3 Å². The molecule has 0 aromatic heterocycles. The van der Waals surface area contributed by atoms with Gasteiger partial charge in [0, 0.05) is 44.3 Å². The third kappa shape index (κ3) is 3.44. The fraction of sp³-hybridized carbons (Fsp3) is 0.455. The Balaban J connectivity index is 1.39. The van der Waals surface area contributed by atoms with Crippen molar-refractivity contribution in [3.05, 3.63) is 64.7 Å². The molecule has 3 nitrogen and oxygen atoms in total. The number of hydrogen-bond acceptors (Lipinski definition) is 3. The first kappa shape index (κ1) is 16.6. The lowest BCUT2D eigenvalue weighted by atomic mass is 9.92. The molecule has 2 heterocycles. The van der Waals surface area contributed by atoms with Gasteiger partial charge in [-0.2, -0.15) is 0 Å². The summed E-state index contributed by atoms with van der Waals surface area (Å²) in [4.78, 5) is 5.15. The summed E-state index contributed by atoms with van der Waals surface area (Å²) in [7, 11) is 0. The summed E-state index contributed by atoms with van der Waals surface area (Å²) in [5.74, 6) is 0.511. The predicted molar refractivity (Wildman–Crippen MR) is 103 cm³/mol. The van der Waals surface area contributed by atoms with Gasteiger partial charge in [0.05, 0.1) is 13.2 Å². The average molecular weight is 336 g/mol. The Labute approximate surface area is 151 Å². The van der Waals surface area contributed by atoms with Crippen molar-refractivity contribution in [1.82, 2.24) is 4.90 Å². The smallest absolute Gasteiger partial charge is 0.0719 e. The van der Waals surface area contributed by atoms with Crippen molar-refractivity contribution >= 4 is 5.69 Å². The first-order valence-corrected chi connectivity index (χ1v) is 9.41. The number of aryl methyl sites for hydroxylation is 1. The highest BCUT2D eigenvalue weighted by atomic mass is 16.5. The van der Waals surface area contributed by atoms with Gasteiger partial charge in [0.25, 0.3) is 0 Å². The van der Waals surface area contributed by atoms with Gasteiger partial charge in [0.1, 0.15) is 0 Å². The van der Waals surface area contributed by atoms with Crippen LogP contribution in [0.1, 0.15) is 28.2 Å². The summed E-state index contributed by atoms with van der Waals surface area (Å²) >= 11 is 0. The molecule has 2 aliphatic rings. The normalized spacial score (nSPS) is 21.2. The molecule has 1 saturated heterocycles. The summed E-state index contributed by atoms with van der Waals surface area (Å²) in [5, 5.41) is 0. The molecule has 2 aromatic rings.